The number of halogens is 1. The zero-order valence-corrected chi connectivity index (χ0v) is 76.1. The van der Waals surface area contributed by atoms with Gasteiger partial charge in [0.25, 0.3) is 0 Å². The van der Waals surface area contributed by atoms with E-state index < -0.39 is 29.3 Å². The summed E-state index contributed by atoms with van der Waals surface area (Å²) >= 11 is 6.00. The van der Waals surface area contributed by atoms with Crippen LogP contribution in [0.2, 0.25) is 0 Å². The number of phenolic OH excluding ortho intramolecular Hbond substituents is 2. The second kappa shape index (κ2) is 29.4. The lowest BCUT2D eigenvalue weighted by molar-refractivity contribution is 0.398. The summed E-state index contributed by atoms with van der Waals surface area (Å²) in [5, 5.41) is 29.9. The fraction of sp³-hybridized carbons (Fsp3) is 0.412. The average Bonchev–Trinajstić information content (AvgIpc) is 1.53. The normalized spacial score (nSPS) is 15.2. The zero-order valence-electron chi connectivity index (χ0n) is 72.7. The molecule has 13 aromatic rings. The van der Waals surface area contributed by atoms with E-state index in [1.807, 2.05) is 121 Å². The van der Waals surface area contributed by atoms with Crippen molar-refractivity contribution in [1.29, 1.82) is 0 Å². The van der Waals surface area contributed by atoms with Crippen LogP contribution in [0.25, 0.3) is 65.8 Å². The molecule has 2 spiro atoms. The van der Waals surface area contributed by atoms with Crippen LogP contribution in [-0.4, -0.2) is 10.2 Å². The number of aromatic hydroxyl groups is 2. The first-order valence-corrected chi connectivity index (χ1v) is 45.8. The molecule has 0 radical (unpaired) electrons. The monoisotopic (exact) mass is 1630 g/mol. The van der Waals surface area contributed by atoms with Crippen molar-refractivity contribution in [3.63, 3.8) is 0 Å². The van der Waals surface area contributed by atoms with Crippen LogP contribution in [0.3, 0.4) is 0 Å². The highest BCUT2D eigenvalue weighted by molar-refractivity contribution is 7.68. The Morgan fingerprint density at radius 3 is 0.707 bits per heavy atom. The fourth-order valence-electron chi connectivity index (χ4n) is 19.3. The molecule has 10 aromatic carbocycles. The van der Waals surface area contributed by atoms with Crippen LogP contribution in [0.5, 0.6) is 23.0 Å². The van der Waals surface area contributed by atoms with Gasteiger partial charge in [-0.25, -0.2) is 0 Å². The van der Waals surface area contributed by atoms with Crippen LogP contribution in [0, 0.1) is 0 Å². The summed E-state index contributed by atoms with van der Waals surface area (Å²) in [4.78, 5) is 0. The first-order chi connectivity index (χ1) is 54.3. The van der Waals surface area contributed by atoms with Crippen LogP contribution in [0.1, 0.15) is 281 Å². The summed E-state index contributed by atoms with van der Waals surface area (Å²) in [6.45, 7) is 54.8. The predicted octanol–water partition coefficient (Wildman–Crippen LogP) is 31.7. The lowest BCUT2D eigenvalue weighted by Gasteiger charge is -2.36. The summed E-state index contributed by atoms with van der Waals surface area (Å²) in [6.07, 6.45) is 7.42. The molecule has 0 aliphatic heterocycles. The van der Waals surface area contributed by atoms with Gasteiger partial charge in [0.2, 0.25) is 0 Å². The van der Waals surface area contributed by atoms with Gasteiger partial charge in [0.1, 0.15) is 56.5 Å². The smallest absolute Gasteiger partial charge is 0.453 e. The summed E-state index contributed by atoms with van der Waals surface area (Å²) in [5.41, 5.74) is 22.3. The summed E-state index contributed by atoms with van der Waals surface area (Å²) in [5.74, 6) is 2.66. The van der Waals surface area contributed by atoms with E-state index in [9.17, 15) is 10.2 Å². The lowest BCUT2D eigenvalue weighted by atomic mass is 9.69. The van der Waals surface area contributed by atoms with Crippen LogP contribution in [0.4, 0.5) is 0 Å². The molecule has 0 atom stereocenters. The van der Waals surface area contributed by atoms with Gasteiger partial charge in [-0.05, 0) is 187 Å². The van der Waals surface area contributed by atoms with Gasteiger partial charge in [0, 0.05) is 87.8 Å². The Labute approximate surface area is 694 Å². The van der Waals surface area contributed by atoms with E-state index >= 15 is 0 Å². The van der Waals surface area contributed by atoms with E-state index in [0.29, 0.717) is 11.5 Å². The number of hydrogen-bond acceptors (Lipinski definition) is 10. The number of hydrogen-bond donors (Lipinski definition) is 2. The van der Waals surface area contributed by atoms with E-state index in [0.717, 1.165) is 162 Å². The number of benzene rings is 10. The highest BCUT2D eigenvalue weighted by Gasteiger charge is 2.55. The van der Waals surface area contributed by atoms with E-state index in [4.69, 9.17) is 45.5 Å². The largest absolute Gasteiger partial charge is 0.507 e. The van der Waals surface area contributed by atoms with Crippen LogP contribution < -0.4 is 9.05 Å². The van der Waals surface area contributed by atoms with Crippen molar-refractivity contribution in [3.05, 3.63) is 259 Å². The molecule has 3 aromatic heterocycles. The molecule has 2 N–H and O–H groups in total. The first-order valence-electron chi connectivity index (χ1n) is 41.6. The molecule has 0 fully saturated rings. The molecule has 0 saturated heterocycles. The number of para-hydroxylation sites is 6. The van der Waals surface area contributed by atoms with Crippen LogP contribution in [0.15, 0.2) is 195 Å². The van der Waals surface area contributed by atoms with Gasteiger partial charge in [0.05, 0.1) is 0 Å². The maximum atomic E-state index is 12.0. The molecular formula is C102H118ClO10P3. The standard InChI is InChI=1S/C57H62O6P2.C33H48O2.C12H8ClO2P/c1-53(2,3)41-33-43(55(7,8)9)51(62-64-58-45-25-17-13-21-35(45)36-22-14-18-26-46(36)59-64)49-39(41)29-31-57(49)32-30-40-42(54(4,5)6)34-44(56(10,11)12)52(50(40)57)63-65-60-47-27-19-15-23-37(47)38-24-16-20-28-48(38)61-65;1-29(2,3)21-17-23(31(7,8)9)27(34)25-19(21)13-15-33(25)16-14-20-22(30(4,5)6)18-24(32(10,11)12)28(35)26(20)33;13-16-14-11-7-3-1-5-9(11)10-6-2-4-8-12(10)15-16/h13-28,33-34H,29-32H2,1-12H3;17-18,34-35H,13-16H2,1-12H3;1-8H. The molecule has 17 rings (SSSR count). The zero-order chi connectivity index (χ0) is 83.3. The summed E-state index contributed by atoms with van der Waals surface area (Å²) in [6, 6.07) is 57.7. The summed E-state index contributed by atoms with van der Waals surface area (Å²) in [7, 11) is -5.31. The molecule has 14 heteroatoms. The van der Waals surface area contributed by atoms with E-state index in [-0.39, 0.29) is 48.7 Å². The molecule has 0 saturated carbocycles. The topological polar surface area (TPSA) is 138 Å². The van der Waals surface area contributed by atoms with Gasteiger partial charge >= 0.3 is 23.8 Å². The molecule has 0 bridgehead atoms. The van der Waals surface area contributed by atoms with E-state index in [2.05, 4.69) is 215 Å². The minimum absolute atomic E-state index is 0.0172. The van der Waals surface area contributed by atoms with Crippen molar-refractivity contribution < 1.29 is 44.4 Å². The Balaban J connectivity index is 0.000000171. The molecule has 0 unspecified atom stereocenters. The number of fused-ring (bicyclic) bond motifs is 17. The van der Waals surface area contributed by atoms with Gasteiger partial charge in [0.15, 0.2) is 0 Å². The molecule has 4 aliphatic carbocycles. The van der Waals surface area contributed by atoms with Crippen molar-refractivity contribution in [2.75, 3.05) is 0 Å². The van der Waals surface area contributed by atoms with Gasteiger partial charge in [-0.15, -0.1) is 0 Å². The van der Waals surface area contributed by atoms with Gasteiger partial charge in [-0.3, -0.25) is 0 Å². The maximum absolute atomic E-state index is 12.0. The van der Waals surface area contributed by atoms with Gasteiger partial charge in [-0.2, -0.15) is 0 Å². The lowest BCUT2D eigenvalue weighted by Crippen LogP contribution is -2.28. The SMILES string of the molecule is CC(C)(C)c1cc(C(C)(C)C)c(Op2oc3ccccc3c3ccccc3o2)c2c1CCC21CCc2c(C(C)(C)C)cc(C(C)(C)C)c(Op3oc4ccccc4c4ccccc4o3)c21.CC(C)(C)c1cc(C(C)(C)C)c2c(c1O)C1(CC2)CCc2c(C(C)(C)C)cc(C(C)(C)C)c(O)c21.Clp1oc2ccccc2c2ccccc2o1. The third-order valence-electron chi connectivity index (χ3n) is 24.7. The average molecular weight is 1630 g/mol. The summed E-state index contributed by atoms with van der Waals surface area (Å²) < 4.78 is 53.7. The van der Waals surface area contributed by atoms with Crippen molar-refractivity contribution in [2.45, 2.75) is 272 Å². The van der Waals surface area contributed by atoms with Crippen molar-refractivity contribution in [1.82, 2.24) is 0 Å². The quantitative estimate of drug-likeness (QED) is 0.175. The number of phenols is 2. The van der Waals surface area contributed by atoms with Crippen molar-refractivity contribution >= 4 is 101 Å². The molecule has 116 heavy (non-hydrogen) atoms. The molecule has 608 valence electrons. The highest BCUT2D eigenvalue weighted by Crippen LogP contribution is 2.66. The number of rotatable bonds is 4. The molecular weight excluding hydrogens is 1510 g/mol. The molecule has 3 heterocycles. The minimum Gasteiger partial charge on any atom is -0.507 e. The van der Waals surface area contributed by atoms with Gasteiger partial charge < -0.3 is 44.4 Å². The van der Waals surface area contributed by atoms with E-state index in [1.54, 1.807) is 0 Å². The third kappa shape index (κ3) is 14.9. The first kappa shape index (κ1) is 82.5. The Morgan fingerprint density at radius 1 is 0.276 bits per heavy atom. The highest BCUT2D eigenvalue weighted by atomic mass is 35.7. The molecule has 10 nitrogen and oxygen atoms in total. The van der Waals surface area contributed by atoms with Crippen LogP contribution in [-0.2, 0) is 79.8 Å². The Bertz CT molecular complexity index is 5700. The minimum atomic E-state index is -1.95. The second-order valence-electron chi connectivity index (χ2n) is 41.2. The third-order valence-corrected chi connectivity index (χ3v) is 27.9. The van der Waals surface area contributed by atoms with Gasteiger partial charge in [-0.1, -0.05) is 300 Å². The fourth-order valence-corrected chi connectivity index (χ4v) is 22.5. The predicted molar refractivity (Wildman–Crippen MR) is 486 cm³/mol. The Morgan fingerprint density at radius 2 is 0.474 bits per heavy atom. The Hall–Kier alpha value is -8.61. The maximum Gasteiger partial charge on any atom is 0.453 e. The molecule has 0 amide bonds. The van der Waals surface area contributed by atoms with E-state index in [1.165, 1.54) is 55.6 Å². The second-order valence-corrected chi connectivity index (χ2v) is 44.8. The molecule has 4 aliphatic rings. The van der Waals surface area contributed by atoms with Crippen molar-refractivity contribution in [3.8, 4) is 23.0 Å². The Kier molecular flexibility index (Phi) is 20.9. The van der Waals surface area contributed by atoms with Crippen LogP contribution >= 0.6 is 35.1 Å². The van der Waals surface area contributed by atoms with Crippen molar-refractivity contribution in [2.24, 2.45) is 0 Å².